The molecule has 1 unspecified atom stereocenters. The molecule has 0 bridgehead atoms. The van der Waals surface area contributed by atoms with Crippen LogP contribution in [0.5, 0.6) is 0 Å². The average molecular weight is 605 g/mol. The number of carbonyl (C=O) groups is 6. The van der Waals surface area contributed by atoms with E-state index in [0.29, 0.717) is 19.4 Å². The van der Waals surface area contributed by atoms with E-state index in [4.69, 9.17) is 5.73 Å². The van der Waals surface area contributed by atoms with Crippen molar-refractivity contribution in [3.63, 3.8) is 0 Å². The molecule has 43 heavy (non-hydrogen) atoms. The van der Waals surface area contributed by atoms with Gasteiger partial charge >= 0.3 is 6.03 Å². The minimum atomic E-state index is -1.05. The Labute approximate surface area is 255 Å². The van der Waals surface area contributed by atoms with Crippen molar-refractivity contribution in [1.29, 1.82) is 0 Å². The van der Waals surface area contributed by atoms with Gasteiger partial charge in [-0.1, -0.05) is 74.8 Å². The first-order chi connectivity index (χ1) is 19.7. The summed E-state index contributed by atoms with van der Waals surface area (Å²) in [4.78, 5) is 80.1. The number of nitrogens with one attached hydrogen (secondary N) is 4. The summed E-state index contributed by atoms with van der Waals surface area (Å²) >= 11 is 0. The molecule has 6 N–H and O–H groups in total. The SMILES string of the molecule is C=CCNC(=O)C(=O)C(CCC)NC(=O)[C@@H]1[C@H]2CC(C)(C)[C@H]2CN1C(=O)[C@@H](NC(=O)N[C@H](C(N)=O)C(C)(C)C)C(C)(C)C. The first-order valence-electron chi connectivity index (χ1n) is 15.1. The van der Waals surface area contributed by atoms with Crippen LogP contribution in [0.3, 0.4) is 0 Å². The fourth-order valence-electron chi connectivity index (χ4n) is 6.21. The molecule has 0 aromatic heterocycles. The Kier molecular flexibility index (Phi) is 11.2. The lowest BCUT2D eigenvalue weighted by Gasteiger charge is -2.48. The lowest BCUT2D eigenvalue weighted by Crippen LogP contribution is -2.62. The highest BCUT2D eigenvalue weighted by Crippen LogP contribution is 2.57. The predicted molar refractivity (Wildman–Crippen MR) is 163 cm³/mol. The molecule has 6 atom stereocenters. The smallest absolute Gasteiger partial charge is 0.316 e. The van der Waals surface area contributed by atoms with Gasteiger partial charge in [0, 0.05) is 13.1 Å². The number of carbonyl (C=O) groups excluding carboxylic acids is 6. The van der Waals surface area contributed by atoms with Crippen molar-refractivity contribution in [2.45, 2.75) is 106 Å². The van der Waals surface area contributed by atoms with Crippen LogP contribution in [0.25, 0.3) is 0 Å². The van der Waals surface area contributed by atoms with Crippen LogP contribution in [0, 0.1) is 28.1 Å². The molecule has 242 valence electrons. The molecule has 1 aliphatic heterocycles. The van der Waals surface area contributed by atoms with Crippen LogP contribution in [-0.2, 0) is 24.0 Å². The maximum absolute atomic E-state index is 14.2. The zero-order valence-electron chi connectivity index (χ0n) is 27.3. The Morgan fingerprint density at radius 1 is 0.977 bits per heavy atom. The summed E-state index contributed by atoms with van der Waals surface area (Å²) in [5.74, 6) is -3.32. The highest BCUT2D eigenvalue weighted by atomic mass is 16.2. The quantitative estimate of drug-likeness (QED) is 0.167. The van der Waals surface area contributed by atoms with Gasteiger partial charge in [0.2, 0.25) is 23.5 Å². The van der Waals surface area contributed by atoms with Gasteiger partial charge in [-0.25, -0.2) is 4.79 Å². The second kappa shape index (κ2) is 13.5. The van der Waals surface area contributed by atoms with Crippen molar-refractivity contribution in [2.24, 2.45) is 33.8 Å². The predicted octanol–water partition coefficient (Wildman–Crippen LogP) is 1.63. The van der Waals surface area contributed by atoms with Crippen molar-refractivity contribution in [3.05, 3.63) is 12.7 Å². The molecule has 1 saturated carbocycles. The molecule has 2 rings (SSSR count). The minimum absolute atomic E-state index is 0.0398. The molecule has 12 nitrogen and oxygen atoms in total. The second-order valence-corrected chi connectivity index (χ2v) is 14.7. The summed E-state index contributed by atoms with van der Waals surface area (Å²) in [5, 5.41) is 10.6. The van der Waals surface area contributed by atoms with Crippen LogP contribution in [0.4, 0.5) is 4.79 Å². The molecule has 0 radical (unpaired) electrons. The highest BCUT2D eigenvalue weighted by Gasteiger charge is 2.61. The zero-order valence-corrected chi connectivity index (χ0v) is 27.3. The molecule has 1 saturated heterocycles. The number of urea groups is 1. The first-order valence-corrected chi connectivity index (χ1v) is 15.1. The van der Waals surface area contributed by atoms with Gasteiger partial charge in [-0.05, 0) is 40.9 Å². The van der Waals surface area contributed by atoms with E-state index in [1.807, 2.05) is 6.92 Å². The summed E-state index contributed by atoms with van der Waals surface area (Å²) in [6, 6.07) is -4.68. The molecule has 2 fully saturated rings. The monoisotopic (exact) mass is 604 g/mol. The molecule has 0 spiro atoms. The third-order valence-corrected chi connectivity index (χ3v) is 8.62. The number of nitrogens with zero attached hydrogens (tertiary/aromatic N) is 1. The van der Waals surface area contributed by atoms with Crippen LogP contribution in [0.2, 0.25) is 0 Å². The summed E-state index contributed by atoms with van der Waals surface area (Å²) in [6.45, 7) is 20.7. The second-order valence-electron chi connectivity index (χ2n) is 14.7. The van der Waals surface area contributed by atoms with Gasteiger partial charge in [0.15, 0.2) is 0 Å². The van der Waals surface area contributed by atoms with Gasteiger partial charge in [-0.15, -0.1) is 6.58 Å². The van der Waals surface area contributed by atoms with Gasteiger partial charge in [0.1, 0.15) is 18.1 Å². The molecule has 6 amide bonds. The van der Waals surface area contributed by atoms with Crippen molar-refractivity contribution < 1.29 is 28.8 Å². The Hall–Kier alpha value is -3.44. The Morgan fingerprint density at radius 3 is 2.00 bits per heavy atom. The average Bonchev–Trinajstić information content (AvgIpc) is 3.21. The molecule has 1 heterocycles. The Morgan fingerprint density at radius 2 is 1.53 bits per heavy atom. The van der Waals surface area contributed by atoms with Gasteiger partial charge in [-0.3, -0.25) is 24.0 Å². The third kappa shape index (κ3) is 8.35. The number of Topliss-reactive ketones (excluding diaryl/α,β-unsaturated/α-hetero) is 1. The lowest BCUT2D eigenvalue weighted by molar-refractivity contribution is -0.145. The summed E-state index contributed by atoms with van der Waals surface area (Å²) in [6.07, 6.45) is 2.96. The maximum atomic E-state index is 14.2. The number of amides is 6. The van der Waals surface area contributed by atoms with E-state index < -0.39 is 70.4 Å². The van der Waals surface area contributed by atoms with E-state index in [9.17, 15) is 28.8 Å². The number of likely N-dealkylation sites (tertiary alicyclic amines) is 1. The largest absolute Gasteiger partial charge is 0.368 e. The van der Waals surface area contributed by atoms with Crippen molar-refractivity contribution >= 4 is 35.4 Å². The number of hydrogen-bond acceptors (Lipinski definition) is 6. The van der Waals surface area contributed by atoms with E-state index in [1.54, 1.807) is 41.5 Å². The molecule has 0 aromatic carbocycles. The molecule has 1 aliphatic carbocycles. The van der Waals surface area contributed by atoms with Crippen molar-refractivity contribution in [2.75, 3.05) is 13.1 Å². The first kappa shape index (κ1) is 35.8. The van der Waals surface area contributed by atoms with E-state index in [-0.39, 0.29) is 30.2 Å². The van der Waals surface area contributed by atoms with Crippen LogP contribution in [-0.4, -0.2) is 77.6 Å². The van der Waals surface area contributed by atoms with Gasteiger partial charge < -0.3 is 31.9 Å². The van der Waals surface area contributed by atoms with E-state index in [0.717, 1.165) is 0 Å². The van der Waals surface area contributed by atoms with Gasteiger partial charge in [0.05, 0.1) is 6.04 Å². The Balaban J connectivity index is 2.36. The van der Waals surface area contributed by atoms with Gasteiger partial charge in [0.25, 0.3) is 5.91 Å². The number of primary amides is 1. The van der Waals surface area contributed by atoms with Crippen LogP contribution in [0.1, 0.15) is 81.6 Å². The van der Waals surface area contributed by atoms with E-state index in [1.165, 1.54) is 11.0 Å². The molecular formula is C31H52N6O6. The molecule has 12 heteroatoms. The fourth-order valence-corrected chi connectivity index (χ4v) is 6.21. The summed E-state index contributed by atoms with van der Waals surface area (Å²) in [5.41, 5.74) is 4.00. The fraction of sp³-hybridized carbons (Fsp3) is 0.742. The summed E-state index contributed by atoms with van der Waals surface area (Å²) < 4.78 is 0. The topological polar surface area (TPSA) is 180 Å². The molecular weight excluding hydrogens is 552 g/mol. The van der Waals surface area contributed by atoms with Crippen LogP contribution >= 0.6 is 0 Å². The third-order valence-electron chi connectivity index (χ3n) is 8.62. The molecule has 0 aromatic rings. The highest BCUT2D eigenvalue weighted by molar-refractivity contribution is 6.38. The minimum Gasteiger partial charge on any atom is -0.368 e. The number of ketones is 1. The van der Waals surface area contributed by atoms with Crippen LogP contribution in [0.15, 0.2) is 12.7 Å². The van der Waals surface area contributed by atoms with Crippen LogP contribution < -0.4 is 27.0 Å². The van der Waals surface area contributed by atoms with E-state index >= 15 is 0 Å². The number of nitrogens with two attached hydrogens (primary N) is 1. The molecule has 2 aliphatic rings. The van der Waals surface area contributed by atoms with E-state index in [2.05, 4.69) is 41.7 Å². The Bertz CT molecular complexity index is 1120. The zero-order chi connectivity index (χ0) is 33.1. The number of rotatable bonds is 12. The lowest BCUT2D eigenvalue weighted by atomic mass is 9.55. The normalized spacial score (nSPS) is 23.0. The van der Waals surface area contributed by atoms with Crippen molar-refractivity contribution in [3.8, 4) is 0 Å². The summed E-state index contributed by atoms with van der Waals surface area (Å²) in [7, 11) is 0. The standard InChI is InChI=1S/C31H52N6O6/c1-11-13-19(21(38)26(41)33-14-12-2)34-25(40)20-17-15-31(9,10)18(17)16-37(20)27(42)23(30(6,7)8)36-28(43)35-22(24(32)39)29(3,4)5/h12,17-20,22-23H,2,11,13-16H2,1,3-10H3,(H2,32,39)(H,33,41)(H,34,40)(H2,35,36,43)/t17-,18-,19?,20-,22+,23+/m0/s1. The maximum Gasteiger partial charge on any atom is 0.316 e. The number of hydrogen-bond donors (Lipinski definition) is 5. The van der Waals surface area contributed by atoms with Gasteiger partial charge in [-0.2, -0.15) is 0 Å². The number of fused-ring (bicyclic) bond motifs is 1. The van der Waals surface area contributed by atoms with Crippen molar-refractivity contribution in [1.82, 2.24) is 26.2 Å².